The fraction of sp³-hybridized carbons (Fsp3) is 0.667. The van der Waals surface area contributed by atoms with Gasteiger partial charge >= 0.3 is 0 Å². The minimum atomic E-state index is -3.43. The number of nitrogens with zero attached hydrogens (tertiary/aromatic N) is 2. The molecule has 1 aromatic rings. The number of aryl methyl sites for hydroxylation is 1. The minimum absolute atomic E-state index is 0.0550. The average Bonchev–Trinajstić information content (AvgIpc) is 2.86. The Kier molecular flexibility index (Phi) is 5.02. The Morgan fingerprint density at radius 1 is 1.29 bits per heavy atom. The molecule has 24 heavy (non-hydrogen) atoms. The maximum absolute atomic E-state index is 13.1. The summed E-state index contributed by atoms with van der Waals surface area (Å²) in [5, 5.41) is 0. The zero-order valence-corrected chi connectivity index (χ0v) is 15.7. The lowest BCUT2D eigenvalue weighted by Crippen LogP contribution is -2.40. The number of ether oxygens (including phenoxy) is 1. The Bertz CT molecular complexity index is 681. The van der Waals surface area contributed by atoms with Gasteiger partial charge < -0.3 is 9.64 Å². The predicted octanol–water partition coefficient (Wildman–Crippen LogP) is 1.97. The van der Waals surface area contributed by atoms with Crippen LogP contribution in [-0.4, -0.2) is 64.6 Å². The molecule has 0 saturated carbocycles. The molecule has 0 amide bonds. The molecule has 6 heteroatoms. The highest BCUT2D eigenvalue weighted by molar-refractivity contribution is 7.89. The number of hydrogen-bond donors (Lipinski definition) is 0. The third-order valence-electron chi connectivity index (χ3n) is 5.48. The van der Waals surface area contributed by atoms with Crippen molar-refractivity contribution in [2.75, 3.05) is 46.9 Å². The maximum atomic E-state index is 13.1. The van der Waals surface area contributed by atoms with Gasteiger partial charge in [-0.2, -0.15) is 4.31 Å². The summed E-state index contributed by atoms with van der Waals surface area (Å²) in [6, 6.07) is 7.22. The first kappa shape index (κ1) is 17.9. The SMILES string of the molecule is Cc1cccc(S(=O)(=O)N2C[C@H](CN(C)C)C3(CCOCC3)C2)c1. The first-order chi connectivity index (χ1) is 11.3. The smallest absolute Gasteiger partial charge is 0.243 e. The van der Waals surface area contributed by atoms with E-state index in [1.807, 2.05) is 19.1 Å². The molecule has 5 nitrogen and oxygen atoms in total. The number of sulfonamides is 1. The molecule has 2 aliphatic heterocycles. The Balaban J connectivity index is 1.89. The molecule has 0 aromatic heterocycles. The molecule has 2 saturated heterocycles. The van der Waals surface area contributed by atoms with Crippen molar-refractivity contribution < 1.29 is 13.2 Å². The summed E-state index contributed by atoms with van der Waals surface area (Å²) in [4.78, 5) is 2.58. The molecule has 1 aromatic carbocycles. The molecule has 0 N–H and O–H groups in total. The van der Waals surface area contributed by atoms with Crippen molar-refractivity contribution in [3.05, 3.63) is 29.8 Å². The van der Waals surface area contributed by atoms with Gasteiger partial charge in [-0.3, -0.25) is 0 Å². The van der Waals surface area contributed by atoms with Crippen molar-refractivity contribution >= 4 is 10.0 Å². The van der Waals surface area contributed by atoms with Gasteiger partial charge in [0.15, 0.2) is 0 Å². The molecule has 2 fully saturated rings. The van der Waals surface area contributed by atoms with Crippen LogP contribution in [0.1, 0.15) is 18.4 Å². The van der Waals surface area contributed by atoms with Crippen molar-refractivity contribution in [3.63, 3.8) is 0 Å². The maximum Gasteiger partial charge on any atom is 0.243 e. The van der Waals surface area contributed by atoms with Crippen LogP contribution in [0.2, 0.25) is 0 Å². The zero-order chi connectivity index (χ0) is 17.4. The van der Waals surface area contributed by atoms with E-state index in [2.05, 4.69) is 19.0 Å². The lowest BCUT2D eigenvalue weighted by molar-refractivity contribution is -0.00333. The highest BCUT2D eigenvalue weighted by Gasteiger charge is 2.50. The molecule has 134 valence electrons. The van der Waals surface area contributed by atoms with Crippen LogP contribution < -0.4 is 0 Å². The van der Waals surface area contributed by atoms with Crippen LogP contribution in [0, 0.1) is 18.3 Å². The van der Waals surface area contributed by atoms with Gasteiger partial charge in [-0.25, -0.2) is 8.42 Å². The van der Waals surface area contributed by atoms with E-state index < -0.39 is 10.0 Å². The van der Waals surface area contributed by atoms with Crippen molar-refractivity contribution in [1.82, 2.24) is 9.21 Å². The van der Waals surface area contributed by atoms with Gasteiger partial charge in [-0.05, 0) is 62.9 Å². The van der Waals surface area contributed by atoms with E-state index >= 15 is 0 Å². The lowest BCUT2D eigenvalue weighted by Gasteiger charge is -2.39. The largest absolute Gasteiger partial charge is 0.381 e. The lowest BCUT2D eigenvalue weighted by atomic mass is 9.72. The van der Waals surface area contributed by atoms with Gasteiger partial charge in [0.05, 0.1) is 4.90 Å². The van der Waals surface area contributed by atoms with Gasteiger partial charge in [0.25, 0.3) is 0 Å². The van der Waals surface area contributed by atoms with Crippen LogP contribution in [0.15, 0.2) is 29.2 Å². The first-order valence-corrected chi connectivity index (χ1v) is 10.1. The molecule has 3 rings (SSSR count). The van der Waals surface area contributed by atoms with Crippen molar-refractivity contribution in [3.8, 4) is 0 Å². The number of rotatable bonds is 4. The Labute approximate surface area is 145 Å². The second kappa shape index (κ2) is 6.75. The Morgan fingerprint density at radius 3 is 2.62 bits per heavy atom. The topological polar surface area (TPSA) is 49.9 Å². The fourth-order valence-electron chi connectivity index (χ4n) is 4.13. The number of hydrogen-bond acceptors (Lipinski definition) is 4. The van der Waals surface area contributed by atoms with Crippen LogP contribution in [0.25, 0.3) is 0 Å². The predicted molar refractivity (Wildman–Crippen MR) is 94.5 cm³/mol. The summed E-state index contributed by atoms with van der Waals surface area (Å²) in [6.45, 7) is 5.54. The monoisotopic (exact) mass is 352 g/mol. The normalized spacial score (nSPS) is 24.8. The molecule has 0 bridgehead atoms. The molecule has 1 spiro atoms. The average molecular weight is 353 g/mol. The molecule has 2 aliphatic rings. The summed E-state index contributed by atoms with van der Waals surface area (Å²) < 4.78 is 33.5. The van der Waals surface area contributed by atoms with E-state index in [-0.39, 0.29) is 5.41 Å². The van der Waals surface area contributed by atoms with E-state index in [0.717, 1.165) is 38.2 Å². The van der Waals surface area contributed by atoms with Gasteiger partial charge in [-0.1, -0.05) is 12.1 Å². The second-order valence-electron chi connectivity index (χ2n) is 7.55. The van der Waals surface area contributed by atoms with E-state index in [1.54, 1.807) is 16.4 Å². The molecule has 0 radical (unpaired) electrons. The Hall–Kier alpha value is -0.950. The zero-order valence-electron chi connectivity index (χ0n) is 14.9. The van der Waals surface area contributed by atoms with Crippen LogP contribution >= 0.6 is 0 Å². The van der Waals surface area contributed by atoms with Crippen LogP contribution in [0.5, 0.6) is 0 Å². The fourth-order valence-corrected chi connectivity index (χ4v) is 5.82. The minimum Gasteiger partial charge on any atom is -0.381 e. The quantitative estimate of drug-likeness (QED) is 0.831. The molecule has 1 atom stereocenters. The highest BCUT2D eigenvalue weighted by atomic mass is 32.2. The van der Waals surface area contributed by atoms with E-state index in [9.17, 15) is 8.42 Å². The molecular formula is C18H28N2O3S. The standard InChI is InChI=1S/C18H28N2O3S/c1-15-5-4-6-17(11-15)24(21,22)20-13-16(12-19(2)3)18(14-20)7-9-23-10-8-18/h4-6,11,16H,7-10,12-14H2,1-3H3/t16-/m0/s1. The van der Waals surface area contributed by atoms with Gasteiger partial charge in [0.1, 0.15) is 0 Å². The summed E-state index contributed by atoms with van der Waals surface area (Å²) in [7, 11) is 0.689. The number of benzene rings is 1. The third-order valence-corrected chi connectivity index (χ3v) is 7.29. The van der Waals surface area contributed by atoms with Gasteiger partial charge in [0.2, 0.25) is 10.0 Å². The van der Waals surface area contributed by atoms with E-state index in [1.165, 1.54) is 0 Å². The van der Waals surface area contributed by atoms with Crippen molar-refractivity contribution in [1.29, 1.82) is 0 Å². The molecule has 0 unspecified atom stereocenters. The van der Waals surface area contributed by atoms with Crippen molar-refractivity contribution in [2.24, 2.45) is 11.3 Å². The van der Waals surface area contributed by atoms with E-state index in [4.69, 9.17) is 4.74 Å². The third kappa shape index (κ3) is 3.38. The summed E-state index contributed by atoms with van der Waals surface area (Å²) >= 11 is 0. The summed E-state index contributed by atoms with van der Waals surface area (Å²) in [5.41, 5.74) is 1.03. The Morgan fingerprint density at radius 2 is 2.00 bits per heavy atom. The molecule has 0 aliphatic carbocycles. The van der Waals surface area contributed by atoms with E-state index in [0.29, 0.717) is 23.9 Å². The highest BCUT2D eigenvalue weighted by Crippen LogP contribution is 2.46. The first-order valence-electron chi connectivity index (χ1n) is 8.63. The van der Waals surface area contributed by atoms with Crippen LogP contribution in [-0.2, 0) is 14.8 Å². The van der Waals surface area contributed by atoms with Crippen LogP contribution in [0.3, 0.4) is 0 Å². The second-order valence-corrected chi connectivity index (χ2v) is 9.49. The van der Waals surface area contributed by atoms with Gasteiger partial charge in [-0.15, -0.1) is 0 Å². The van der Waals surface area contributed by atoms with Gasteiger partial charge in [0, 0.05) is 32.8 Å². The molecular weight excluding hydrogens is 324 g/mol. The summed E-state index contributed by atoms with van der Waals surface area (Å²) in [5.74, 6) is 0.357. The molecule has 2 heterocycles. The summed E-state index contributed by atoms with van der Waals surface area (Å²) in [6.07, 6.45) is 1.90. The van der Waals surface area contributed by atoms with Crippen LogP contribution in [0.4, 0.5) is 0 Å². The van der Waals surface area contributed by atoms with Crippen molar-refractivity contribution in [2.45, 2.75) is 24.7 Å².